The number of benzene rings is 1. The lowest BCUT2D eigenvalue weighted by molar-refractivity contribution is -0.128. The Bertz CT molecular complexity index is 591. The molecule has 0 bridgehead atoms. The fourth-order valence-electron chi connectivity index (χ4n) is 3.09. The number of nitrogens with one attached hydrogen (secondary N) is 3. The van der Waals surface area contributed by atoms with Crippen LogP contribution in [-0.4, -0.2) is 51.1 Å². The van der Waals surface area contributed by atoms with Crippen LogP contribution < -0.4 is 20.9 Å². The second-order valence-electron chi connectivity index (χ2n) is 7.41. The van der Waals surface area contributed by atoms with Gasteiger partial charge >= 0.3 is 0 Å². The van der Waals surface area contributed by atoms with Crippen LogP contribution in [0.1, 0.15) is 33.6 Å². The van der Waals surface area contributed by atoms with Crippen molar-refractivity contribution in [2.45, 2.75) is 39.7 Å². The number of guanidine groups is 1. The van der Waals surface area contributed by atoms with Gasteiger partial charge in [0.1, 0.15) is 0 Å². The van der Waals surface area contributed by atoms with Crippen molar-refractivity contribution < 1.29 is 4.79 Å². The molecule has 0 aromatic heterocycles. The number of carbonyl (C=O) groups excluding carboxylic acids is 1. The molecule has 0 aliphatic carbocycles. The molecule has 1 fully saturated rings. The summed E-state index contributed by atoms with van der Waals surface area (Å²) in [6.45, 7) is 9.07. The monoisotopic (exact) mass is 359 g/mol. The minimum absolute atomic E-state index is 0.0547. The summed E-state index contributed by atoms with van der Waals surface area (Å²) >= 11 is 0. The highest BCUT2D eigenvalue weighted by atomic mass is 16.2. The highest BCUT2D eigenvalue weighted by Gasteiger charge is 2.27. The molecule has 1 amide bonds. The Morgan fingerprint density at radius 1 is 1.19 bits per heavy atom. The molecule has 1 aromatic rings. The van der Waals surface area contributed by atoms with Gasteiger partial charge in [-0.05, 0) is 45.7 Å². The second-order valence-corrected chi connectivity index (χ2v) is 7.41. The molecule has 0 atom stereocenters. The summed E-state index contributed by atoms with van der Waals surface area (Å²) in [6, 6.07) is 10.9. The molecule has 6 heteroatoms. The number of anilines is 1. The van der Waals surface area contributed by atoms with Gasteiger partial charge in [0, 0.05) is 45.0 Å². The quantitative estimate of drug-likeness (QED) is 0.537. The molecule has 0 spiro atoms. The van der Waals surface area contributed by atoms with Gasteiger partial charge in [0.25, 0.3) is 0 Å². The van der Waals surface area contributed by atoms with E-state index in [2.05, 4.69) is 56.2 Å². The zero-order valence-corrected chi connectivity index (χ0v) is 16.5. The lowest BCUT2D eigenvalue weighted by Crippen LogP contribution is -2.52. The Kier molecular flexibility index (Phi) is 7.30. The number of carbonyl (C=O) groups is 1. The molecule has 1 heterocycles. The minimum atomic E-state index is -0.482. The van der Waals surface area contributed by atoms with Crippen LogP contribution in [0.15, 0.2) is 35.3 Å². The normalized spacial score (nSPS) is 16.3. The van der Waals surface area contributed by atoms with Gasteiger partial charge in [0.05, 0.1) is 5.41 Å². The van der Waals surface area contributed by atoms with Gasteiger partial charge in [-0.25, -0.2) is 0 Å². The van der Waals surface area contributed by atoms with Gasteiger partial charge in [-0.3, -0.25) is 9.79 Å². The summed E-state index contributed by atoms with van der Waals surface area (Å²) < 4.78 is 0. The minimum Gasteiger partial charge on any atom is -0.371 e. The molecular weight excluding hydrogens is 326 g/mol. The average molecular weight is 360 g/mol. The molecular formula is C20H33N5O. The summed E-state index contributed by atoms with van der Waals surface area (Å²) in [6.07, 6.45) is 2.13. The van der Waals surface area contributed by atoms with Crippen LogP contribution >= 0.6 is 0 Å². The van der Waals surface area contributed by atoms with E-state index in [1.807, 2.05) is 20.8 Å². The van der Waals surface area contributed by atoms with Crippen molar-refractivity contribution in [2.24, 2.45) is 10.4 Å². The first-order valence-electron chi connectivity index (χ1n) is 9.51. The topological polar surface area (TPSA) is 68.8 Å². The maximum Gasteiger partial charge on any atom is 0.227 e. The zero-order valence-electron chi connectivity index (χ0n) is 16.5. The van der Waals surface area contributed by atoms with Crippen LogP contribution in [0, 0.1) is 5.41 Å². The van der Waals surface area contributed by atoms with E-state index in [0.717, 1.165) is 31.9 Å². The van der Waals surface area contributed by atoms with E-state index in [9.17, 15) is 4.79 Å². The maximum absolute atomic E-state index is 12.1. The third kappa shape index (κ3) is 5.64. The second kappa shape index (κ2) is 9.46. The zero-order chi connectivity index (χ0) is 19.0. The predicted octanol–water partition coefficient (Wildman–Crippen LogP) is 1.98. The lowest BCUT2D eigenvalue weighted by atomic mass is 9.92. The highest BCUT2D eigenvalue weighted by Crippen LogP contribution is 2.19. The van der Waals surface area contributed by atoms with Crippen LogP contribution in [0.25, 0.3) is 0 Å². The number of rotatable bonds is 6. The Balaban J connectivity index is 1.79. The Morgan fingerprint density at radius 3 is 2.42 bits per heavy atom. The molecule has 1 aliphatic heterocycles. The van der Waals surface area contributed by atoms with Crippen LogP contribution in [0.5, 0.6) is 0 Å². The van der Waals surface area contributed by atoms with E-state index < -0.39 is 5.41 Å². The highest BCUT2D eigenvalue weighted by molar-refractivity contribution is 5.84. The number of nitrogens with zero attached hydrogens (tertiary/aromatic N) is 2. The predicted molar refractivity (Wildman–Crippen MR) is 109 cm³/mol. The van der Waals surface area contributed by atoms with E-state index >= 15 is 0 Å². The molecule has 144 valence electrons. The van der Waals surface area contributed by atoms with Crippen molar-refractivity contribution in [2.75, 3.05) is 38.1 Å². The first kappa shape index (κ1) is 20.1. The van der Waals surface area contributed by atoms with Gasteiger partial charge in [-0.1, -0.05) is 18.2 Å². The Labute approximate surface area is 157 Å². The molecule has 2 rings (SSSR count). The van der Waals surface area contributed by atoms with Crippen LogP contribution in [0.3, 0.4) is 0 Å². The number of para-hydroxylation sites is 1. The smallest absolute Gasteiger partial charge is 0.227 e. The van der Waals surface area contributed by atoms with Crippen molar-refractivity contribution in [1.82, 2.24) is 16.0 Å². The maximum atomic E-state index is 12.1. The molecule has 0 unspecified atom stereocenters. The summed E-state index contributed by atoms with van der Waals surface area (Å²) in [7, 11) is 1.77. The van der Waals surface area contributed by atoms with Gasteiger partial charge in [0.15, 0.2) is 5.96 Å². The standard InChI is InChI=1S/C20H33N5O/c1-5-22-18(26)20(2,3)15-23-19(21-4)24-16-11-13-25(14-12-16)17-9-7-6-8-10-17/h6-10,16H,5,11-15H2,1-4H3,(H,22,26)(H2,21,23,24). The van der Waals surface area contributed by atoms with Crippen LogP contribution in [0.2, 0.25) is 0 Å². The van der Waals surface area contributed by atoms with Crippen molar-refractivity contribution in [1.29, 1.82) is 0 Å². The van der Waals surface area contributed by atoms with Gasteiger partial charge in [0.2, 0.25) is 5.91 Å². The average Bonchev–Trinajstić information content (AvgIpc) is 2.66. The van der Waals surface area contributed by atoms with Crippen molar-refractivity contribution in [3.63, 3.8) is 0 Å². The molecule has 0 radical (unpaired) electrons. The van der Waals surface area contributed by atoms with Crippen molar-refractivity contribution in [3.05, 3.63) is 30.3 Å². The molecule has 1 aromatic carbocycles. The third-order valence-corrected chi connectivity index (χ3v) is 4.83. The van der Waals surface area contributed by atoms with E-state index in [1.54, 1.807) is 7.05 Å². The first-order chi connectivity index (χ1) is 12.5. The van der Waals surface area contributed by atoms with E-state index in [0.29, 0.717) is 19.1 Å². The Morgan fingerprint density at radius 2 is 1.85 bits per heavy atom. The van der Waals surface area contributed by atoms with Crippen LogP contribution in [-0.2, 0) is 4.79 Å². The van der Waals surface area contributed by atoms with Gasteiger partial charge in [-0.15, -0.1) is 0 Å². The first-order valence-corrected chi connectivity index (χ1v) is 9.51. The molecule has 6 nitrogen and oxygen atoms in total. The van der Waals surface area contributed by atoms with E-state index in [4.69, 9.17) is 0 Å². The fourth-order valence-corrected chi connectivity index (χ4v) is 3.09. The molecule has 1 aliphatic rings. The van der Waals surface area contributed by atoms with Crippen molar-refractivity contribution >= 4 is 17.6 Å². The summed E-state index contributed by atoms with van der Waals surface area (Å²) in [5.41, 5.74) is 0.807. The summed E-state index contributed by atoms with van der Waals surface area (Å²) in [5, 5.41) is 9.69. The van der Waals surface area contributed by atoms with E-state index in [1.165, 1.54) is 5.69 Å². The van der Waals surface area contributed by atoms with Crippen LogP contribution in [0.4, 0.5) is 5.69 Å². The Hall–Kier alpha value is -2.24. The number of aliphatic imine (C=N–C) groups is 1. The van der Waals surface area contributed by atoms with Crippen molar-refractivity contribution in [3.8, 4) is 0 Å². The molecule has 1 saturated heterocycles. The molecule has 0 saturated carbocycles. The summed E-state index contributed by atoms with van der Waals surface area (Å²) in [5.74, 6) is 0.819. The number of piperidine rings is 1. The molecule has 26 heavy (non-hydrogen) atoms. The van der Waals surface area contributed by atoms with Gasteiger partial charge in [-0.2, -0.15) is 0 Å². The SMILES string of the molecule is CCNC(=O)C(C)(C)CNC(=NC)NC1CCN(c2ccccc2)CC1. The number of hydrogen-bond donors (Lipinski definition) is 3. The fraction of sp³-hybridized carbons (Fsp3) is 0.600. The summed E-state index contributed by atoms with van der Waals surface area (Å²) in [4.78, 5) is 18.8. The van der Waals surface area contributed by atoms with Gasteiger partial charge < -0.3 is 20.9 Å². The number of amides is 1. The largest absolute Gasteiger partial charge is 0.371 e. The lowest BCUT2D eigenvalue weighted by Gasteiger charge is -2.35. The number of hydrogen-bond acceptors (Lipinski definition) is 3. The van der Waals surface area contributed by atoms with E-state index in [-0.39, 0.29) is 5.91 Å². The molecule has 3 N–H and O–H groups in total. The third-order valence-electron chi connectivity index (χ3n) is 4.83.